The molecule has 1 unspecified atom stereocenters. The number of hydrogen-bond donors (Lipinski definition) is 0. The summed E-state index contributed by atoms with van der Waals surface area (Å²) in [6, 6.07) is 4.61. The zero-order valence-corrected chi connectivity index (χ0v) is 11.1. The van der Waals surface area contributed by atoms with E-state index >= 15 is 0 Å². The van der Waals surface area contributed by atoms with Crippen molar-refractivity contribution in [2.45, 2.75) is 46.0 Å². The van der Waals surface area contributed by atoms with E-state index in [9.17, 15) is 0 Å². The van der Waals surface area contributed by atoms with Crippen molar-refractivity contribution in [2.75, 3.05) is 0 Å². The molecule has 0 amide bonds. The second-order valence-corrected chi connectivity index (χ2v) is 6.65. The van der Waals surface area contributed by atoms with Crippen LogP contribution >= 0.6 is 0 Å². The van der Waals surface area contributed by atoms with E-state index in [1.165, 1.54) is 32.1 Å². The van der Waals surface area contributed by atoms with Crippen molar-refractivity contribution in [2.24, 2.45) is 5.92 Å². The molecule has 1 heterocycles. The molecule has 1 rings (SSSR count). The molecule has 0 bridgehead atoms. The van der Waals surface area contributed by atoms with Crippen LogP contribution in [-0.4, -0.2) is 20.4 Å². The van der Waals surface area contributed by atoms with Crippen LogP contribution < -0.4 is 0 Å². The first kappa shape index (κ1) is 11.3. The molecule has 1 atom stereocenters. The molecule has 0 aromatic carbocycles. The zero-order valence-electron chi connectivity index (χ0n) is 8.75. The number of hydrogen-bond acceptors (Lipinski definition) is 0. The van der Waals surface area contributed by atoms with Gasteiger partial charge in [0.2, 0.25) is 0 Å². The Hall–Kier alpha value is 0.270. The molecule has 0 nitrogen and oxygen atoms in total. The van der Waals surface area contributed by atoms with E-state index in [1.54, 1.807) is 3.58 Å². The first-order valence-corrected chi connectivity index (χ1v) is 7.90. The summed E-state index contributed by atoms with van der Waals surface area (Å²) < 4.78 is 4.17. The van der Waals surface area contributed by atoms with Gasteiger partial charge in [-0.05, 0) is 0 Å². The van der Waals surface area contributed by atoms with Crippen molar-refractivity contribution in [3.8, 4) is 0 Å². The second kappa shape index (κ2) is 6.68. The van der Waals surface area contributed by atoms with E-state index in [0.29, 0.717) is 0 Å². The van der Waals surface area contributed by atoms with Crippen LogP contribution in [0.1, 0.15) is 43.1 Å². The summed E-state index contributed by atoms with van der Waals surface area (Å²) in [5, 5.41) is 0. The summed E-state index contributed by atoms with van der Waals surface area (Å²) in [7, 11) is 0. The van der Waals surface area contributed by atoms with Crippen molar-refractivity contribution in [3.63, 3.8) is 0 Å². The van der Waals surface area contributed by atoms with Crippen molar-refractivity contribution < 1.29 is 0 Å². The van der Waals surface area contributed by atoms with Crippen LogP contribution in [-0.2, 0) is 6.42 Å². The molecule has 13 heavy (non-hydrogen) atoms. The van der Waals surface area contributed by atoms with Gasteiger partial charge in [0, 0.05) is 0 Å². The molecule has 74 valence electrons. The fraction of sp³-hybridized carbons (Fsp3) is 0.667. The van der Waals surface area contributed by atoms with Crippen LogP contribution in [0.15, 0.2) is 16.2 Å². The Labute approximate surface area is 92.0 Å². The molecule has 0 saturated carbocycles. The standard InChI is InChI=1S/C12H20Te/c1-3-5-7-11(4-2)10-12-8-6-9-13-12/h6,8-9,11H,3-5,7,10H2,1-2H3. The quantitative estimate of drug-likeness (QED) is 0.704. The monoisotopic (exact) mass is 294 g/mol. The maximum absolute atomic E-state index is 2.40. The molecule has 0 spiro atoms. The van der Waals surface area contributed by atoms with Gasteiger partial charge in [-0.1, -0.05) is 0 Å². The topological polar surface area (TPSA) is 0 Å². The Morgan fingerprint density at radius 2 is 2.23 bits per heavy atom. The molecule has 0 N–H and O–H groups in total. The van der Waals surface area contributed by atoms with Crippen LogP contribution in [0.25, 0.3) is 0 Å². The van der Waals surface area contributed by atoms with E-state index in [1.807, 2.05) is 0 Å². The van der Waals surface area contributed by atoms with Crippen molar-refractivity contribution >= 4 is 20.4 Å². The molecule has 1 heteroatoms. The summed E-state index contributed by atoms with van der Waals surface area (Å²) in [5.74, 6) is 0.969. The van der Waals surface area contributed by atoms with Gasteiger partial charge in [-0.3, -0.25) is 0 Å². The Bertz CT molecular complexity index is 201. The van der Waals surface area contributed by atoms with Crippen molar-refractivity contribution in [3.05, 3.63) is 19.8 Å². The fourth-order valence-electron chi connectivity index (χ4n) is 1.66. The van der Waals surface area contributed by atoms with E-state index in [-0.39, 0.29) is 20.4 Å². The average Bonchev–Trinajstić information content (AvgIpc) is 2.64. The third-order valence-electron chi connectivity index (χ3n) is 2.61. The average molecular weight is 292 g/mol. The van der Waals surface area contributed by atoms with E-state index < -0.39 is 0 Å². The predicted molar refractivity (Wildman–Crippen MR) is 60.4 cm³/mol. The van der Waals surface area contributed by atoms with Gasteiger partial charge < -0.3 is 0 Å². The molecule has 0 aliphatic heterocycles. The van der Waals surface area contributed by atoms with Gasteiger partial charge in [-0.15, -0.1) is 0 Å². The SMILES string of the molecule is CCCCC(CC)Cc1ccc[te]1. The van der Waals surface area contributed by atoms with Gasteiger partial charge in [0.15, 0.2) is 0 Å². The van der Waals surface area contributed by atoms with Crippen LogP contribution in [0.4, 0.5) is 0 Å². The zero-order chi connectivity index (χ0) is 9.52. The Morgan fingerprint density at radius 3 is 2.77 bits per heavy atom. The molecule has 0 radical (unpaired) electrons. The molecule has 0 saturated heterocycles. The summed E-state index contributed by atoms with van der Waals surface area (Å²) in [6.45, 7) is 4.63. The first-order chi connectivity index (χ1) is 6.36. The first-order valence-electron chi connectivity index (χ1n) is 5.39. The predicted octanol–water partition coefficient (Wildman–Crippen LogP) is 3.50. The van der Waals surface area contributed by atoms with Crippen LogP contribution in [0, 0.1) is 5.92 Å². The van der Waals surface area contributed by atoms with Gasteiger partial charge >= 0.3 is 92.1 Å². The molecule has 0 aliphatic rings. The minimum atomic E-state index is 0.136. The van der Waals surface area contributed by atoms with E-state index in [2.05, 4.69) is 30.1 Å². The number of unbranched alkanes of at least 4 members (excludes halogenated alkanes) is 1. The Morgan fingerprint density at radius 1 is 1.38 bits per heavy atom. The van der Waals surface area contributed by atoms with E-state index in [4.69, 9.17) is 0 Å². The van der Waals surface area contributed by atoms with Gasteiger partial charge in [0.25, 0.3) is 0 Å². The molecular formula is C12H20Te. The van der Waals surface area contributed by atoms with Crippen molar-refractivity contribution in [1.29, 1.82) is 0 Å². The Kier molecular flexibility index (Phi) is 5.83. The number of rotatable bonds is 6. The van der Waals surface area contributed by atoms with Crippen LogP contribution in [0.3, 0.4) is 0 Å². The van der Waals surface area contributed by atoms with Gasteiger partial charge in [0.1, 0.15) is 0 Å². The normalized spacial score (nSPS) is 13.1. The molecular weight excluding hydrogens is 272 g/mol. The second-order valence-electron chi connectivity index (χ2n) is 3.70. The summed E-state index contributed by atoms with van der Waals surface area (Å²) in [6.07, 6.45) is 6.97. The third-order valence-corrected chi connectivity index (χ3v) is 5.18. The fourth-order valence-corrected chi connectivity index (χ4v) is 4.00. The molecule has 1 aromatic rings. The summed E-state index contributed by atoms with van der Waals surface area (Å²) in [5.41, 5.74) is 0. The van der Waals surface area contributed by atoms with E-state index in [0.717, 1.165) is 5.92 Å². The molecule has 0 aliphatic carbocycles. The summed E-state index contributed by atoms with van der Waals surface area (Å²) in [4.78, 5) is 0. The summed E-state index contributed by atoms with van der Waals surface area (Å²) >= 11 is 0.136. The molecule has 1 aromatic heterocycles. The Balaban J connectivity index is 2.31. The van der Waals surface area contributed by atoms with Gasteiger partial charge in [-0.2, -0.15) is 0 Å². The maximum atomic E-state index is 2.40. The van der Waals surface area contributed by atoms with Gasteiger partial charge in [-0.25, -0.2) is 0 Å². The van der Waals surface area contributed by atoms with Crippen LogP contribution in [0.2, 0.25) is 0 Å². The molecule has 0 fully saturated rings. The minimum absolute atomic E-state index is 0.136. The third kappa shape index (κ3) is 4.34. The van der Waals surface area contributed by atoms with Gasteiger partial charge in [0.05, 0.1) is 0 Å². The van der Waals surface area contributed by atoms with Crippen molar-refractivity contribution in [1.82, 2.24) is 0 Å². The van der Waals surface area contributed by atoms with Crippen LogP contribution in [0.5, 0.6) is 0 Å².